The van der Waals surface area contributed by atoms with Gasteiger partial charge in [0.2, 0.25) is 5.91 Å². The number of carbonyl (C=O) groups excluding carboxylic acids is 1. The number of benzene rings is 2. The van der Waals surface area contributed by atoms with Crippen LogP contribution in [0.3, 0.4) is 0 Å². The molecule has 0 aliphatic carbocycles. The highest BCUT2D eigenvalue weighted by molar-refractivity contribution is 7.99. The molecule has 1 saturated heterocycles. The van der Waals surface area contributed by atoms with Crippen molar-refractivity contribution in [3.05, 3.63) is 77.6 Å². The van der Waals surface area contributed by atoms with Gasteiger partial charge in [0.1, 0.15) is 0 Å². The fourth-order valence-corrected chi connectivity index (χ4v) is 5.22. The Morgan fingerprint density at radius 3 is 2.38 bits per heavy atom. The lowest BCUT2D eigenvalue weighted by molar-refractivity contribution is -0.268. The molecule has 0 bridgehead atoms. The number of imidazole rings is 1. The fraction of sp³-hybridized carbons (Fsp3) is 0.370. The largest absolute Gasteiger partial charge is 0.481 e. The number of aliphatic hydroxyl groups is 1. The smallest absolute Gasteiger partial charge is 0.303 e. The maximum absolute atomic E-state index is 12.0. The summed E-state index contributed by atoms with van der Waals surface area (Å²) in [5.74, 6) is -0.624. The molecule has 196 valence electrons. The van der Waals surface area contributed by atoms with Crippen molar-refractivity contribution < 1.29 is 29.3 Å². The number of aliphatic hydroxyl groups excluding tert-OH is 1. The third-order valence-electron chi connectivity index (χ3n) is 6.31. The summed E-state index contributed by atoms with van der Waals surface area (Å²) in [7, 11) is 1.96. The third kappa shape index (κ3) is 6.98. The number of rotatable bonds is 10. The van der Waals surface area contributed by atoms with Gasteiger partial charge in [-0.2, -0.15) is 0 Å². The number of hydrogen-bond acceptors (Lipinski definition) is 7. The monoisotopic (exact) mass is 525 g/mol. The Bertz CT molecular complexity index is 1200. The predicted octanol–water partition coefficient (Wildman–Crippen LogP) is 4.30. The number of carboxylic acid groups (broad SMARTS) is 1. The first-order valence-corrected chi connectivity index (χ1v) is 13.0. The Morgan fingerprint density at radius 2 is 1.76 bits per heavy atom. The number of carbonyl (C=O) groups is 2. The normalized spacial score (nSPS) is 21.5. The minimum atomic E-state index is -1.01. The SMILES string of the molecule is C[C@@H]1[C@H](CSc2nccn2C)O[C@H](c2ccc(NC(=O)CCC(=O)O)cc2)O[C@@H]1c1ccc(CO)cc1. The Balaban J connectivity index is 1.51. The van der Waals surface area contributed by atoms with Crippen molar-refractivity contribution in [1.29, 1.82) is 0 Å². The van der Waals surface area contributed by atoms with Crippen LogP contribution in [0.15, 0.2) is 66.1 Å². The van der Waals surface area contributed by atoms with Gasteiger partial charge in [-0.1, -0.05) is 55.1 Å². The predicted molar refractivity (Wildman–Crippen MR) is 139 cm³/mol. The molecule has 1 aromatic heterocycles. The Kier molecular flexibility index (Phi) is 8.99. The van der Waals surface area contributed by atoms with Crippen LogP contribution in [0.5, 0.6) is 0 Å². The van der Waals surface area contributed by atoms with E-state index in [2.05, 4.69) is 17.2 Å². The second-order valence-corrected chi connectivity index (χ2v) is 10.0. The maximum Gasteiger partial charge on any atom is 0.303 e. The number of carboxylic acids is 1. The third-order valence-corrected chi connectivity index (χ3v) is 7.46. The highest BCUT2D eigenvalue weighted by Gasteiger charge is 2.38. The number of hydrogen-bond donors (Lipinski definition) is 3. The molecule has 4 rings (SSSR count). The fourth-order valence-electron chi connectivity index (χ4n) is 4.13. The van der Waals surface area contributed by atoms with E-state index in [0.29, 0.717) is 11.4 Å². The minimum Gasteiger partial charge on any atom is -0.481 e. The van der Waals surface area contributed by atoms with E-state index in [0.717, 1.165) is 21.8 Å². The number of anilines is 1. The van der Waals surface area contributed by atoms with E-state index < -0.39 is 12.3 Å². The number of amides is 1. The van der Waals surface area contributed by atoms with E-state index in [1.165, 1.54) is 0 Å². The number of thioether (sulfide) groups is 1. The summed E-state index contributed by atoms with van der Waals surface area (Å²) in [5, 5.41) is 21.8. The lowest BCUT2D eigenvalue weighted by Gasteiger charge is -2.41. The lowest BCUT2D eigenvalue weighted by Crippen LogP contribution is -2.38. The molecular formula is C27H31N3O6S. The van der Waals surface area contributed by atoms with Gasteiger partial charge < -0.3 is 29.6 Å². The molecule has 10 heteroatoms. The van der Waals surface area contributed by atoms with Gasteiger partial charge in [-0.3, -0.25) is 9.59 Å². The van der Waals surface area contributed by atoms with Gasteiger partial charge in [0.15, 0.2) is 11.4 Å². The topological polar surface area (TPSA) is 123 Å². The Morgan fingerprint density at radius 1 is 1.05 bits per heavy atom. The highest BCUT2D eigenvalue weighted by Crippen LogP contribution is 2.43. The van der Waals surface area contributed by atoms with E-state index >= 15 is 0 Å². The molecule has 2 heterocycles. The van der Waals surface area contributed by atoms with Crippen molar-refractivity contribution in [3.63, 3.8) is 0 Å². The van der Waals surface area contributed by atoms with E-state index in [-0.39, 0.29) is 43.5 Å². The van der Waals surface area contributed by atoms with Crippen LogP contribution in [0.1, 0.15) is 48.8 Å². The van der Waals surface area contributed by atoms with E-state index in [1.54, 1.807) is 30.1 Å². The van der Waals surface area contributed by atoms with Crippen LogP contribution in [0.2, 0.25) is 0 Å². The summed E-state index contributed by atoms with van der Waals surface area (Å²) < 4.78 is 14.9. The van der Waals surface area contributed by atoms with E-state index in [4.69, 9.17) is 14.6 Å². The van der Waals surface area contributed by atoms with Crippen molar-refractivity contribution in [1.82, 2.24) is 9.55 Å². The second kappa shape index (κ2) is 12.4. The first kappa shape index (κ1) is 26.9. The molecule has 0 spiro atoms. The molecule has 0 saturated carbocycles. The zero-order valence-corrected chi connectivity index (χ0v) is 21.6. The van der Waals surface area contributed by atoms with Crippen LogP contribution in [-0.2, 0) is 32.7 Å². The van der Waals surface area contributed by atoms with Crippen molar-refractivity contribution >= 4 is 29.3 Å². The zero-order valence-electron chi connectivity index (χ0n) is 20.7. The van der Waals surface area contributed by atoms with Gasteiger partial charge in [-0.25, -0.2) is 4.98 Å². The number of nitrogens with one attached hydrogen (secondary N) is 1. The summed E-state index contributed by atoms with van der Waals surface area (Å²) in [5.41, 5.74) is 3.22. The lowest BCUT2D eigenvalue weighted by atomic mass is 9.91. The second-order valence-electron chi connectivity index (χ2n) is 9.02. The average molecular weight is 526 g/mol. The van der Waals surface area contributed by atoms with Crippen LogP contribution in [0, 0.1) is 5.92 Å². The van der Waals surface area contributed by atoms with Crippen molar-refractivity contribution in [2.45, 2.75) is 50.0 Å². The number of aryl methyl sites for hydroxylation is 1. The molecule has 0 unspecified atom stereocenters. The first-order chi connectivity index (χ1) is 17.8. The number of ether oxygens (including phenoxy) is 2. The van der Waals surface area contributed by atoms with Crippen molar-refractivity contribution in [2.75, 3.05) is 11.1 Å². The number of nitrogens with zero attached hydrogens (tertiary/aromatic N) is 2. The van der Waals surface area contributed by atoms with Crippen LogP contribution in [0.4, 0.5) is 5.69 Å². The van der Waals surface area contributed by atoms with Gasteiger partial charge in [-0.15, -0.1) is 0 Å². The number of aromatic nitrogens is 2. The van der Waals surface area contributed by atoms with Crippen LogP contribution >= 0.6 is 11.8 Å². The van der Waals surface area contributed by atoms with Crippen LogP contribution in [-0.4, -0.2) is 43.5 Å². The van der Waals surface area contributed by atoms with E-state index in [1.807, 2.05) is 54.2 Å². The summed E-state index contributed by atoms with van der Waals surface area (Å²) >= 11 is 1.63. The molecule has 4 atom stereocenters. The highest BCUT2D eigenvalue weighted by atomic mass is 32.2. The molecule has 1 aliphatic rings. The molecular weight excluding hydrogens is 494 g/mol. The zero-order chi connectivity index (χ0) is 26.4. The standard InChI is InChI=1S/C27H31N3O6S/c1-17-22(16-37-27-28-13-14-30(27)2)35-26(36-25(17)19-5-3-18(15-31)4-6-19)20-7-9-21(10-8-20)29-23(32)11-12-24(33)34/h3-10,13-14,17,22,25-26,31H,11-12,15-16H2,1-2H3,(H,29,32)(H,33,34)/t17-,22+,25+,26+/m1/s1. The molecule has 0 radical (unpaired) electrons. The van der Waals surface area contributed by atoms with E-state index in [9.17, 15) is 14.7 Å². The molecule has 3 N–H and O–H groups in total. The summed E-state index contributed by atoms with van der Waals surface area (Å²) in [4.78, 5) is 27.1. The van der Waals surface area contributed by atoms with Gasteiger partial charge in [0.25, 0.3) is 0 Å². The van der Waals surface area contributed by atoms with Gasteiger partial charge in [0.05, 0.1) is 25.2 Å². The average Bonchev–Trinajstić information content (AvgIpc) is 3.32. The maximum atomic E-state index is 12.0. The summed E-state index contributed by atoms with van der Waals surface area (Å²) in [6.07, 6.45) is 2.40. The first-order valence-electron chi connectivity index (χ1n) is 12.1. The summed E-state index contributed by atoms with van der Waals surface area (Å²) in [6.45, 7) is 2.09. The quantitative estimate of drug-likeness (QED) is 0.335. The molecule has 37 heavy (non-hydrogen) atoms. The van der Waals surface area contributed by atoms with Gasteiger partial charge in [0, 0.05) is 48.8 Å². The molecule has 9 nitrogen and oxygen atoms in total. The Labute approximate surface area is 219 Å². The van der Waals surface area contributed by atoms with Crippen molar-refractivity contribution in [3.8, 4) is 0 Å². The van der Waals surface area contributed by atoms with Crippen molar-refractivity contribution in [2.24, 2.45) is 13.0 Å². The van der Waals surface area contributed by atoms with Crippen LogP contribution < -0.4 is 5.32 Å². The molecule has 1 amide bonds. The molecule has 1 fully saturated rings. The molecule has 1 aliphatic heterocycles. The summed E-state index contributed by atoms with van der Waals surface area (Å²) in [6, 6.07) is 14.9. The molecule has 3 aromatic rings. The van der Waals surface area contributed by atoms with Gasteiger partial charge >= 0.3 is 5.97 Å². The molecule has 2 aromatic carbocycles. The van der Waals surface area contributed by atoms with Gasteiger partial charge in [-0.05, 0) is 23.3 Å². The minimum absolute atomic E-state index is 0.0186. The number of aliphatic carboxylic acids is 1. The van der Waals surface area contributed by atoms with Crippen LogP contribution in [0.25, 0.3) is 0 Å². The Hall–Kier alpha value is -3.18.